The SMILES string of the molecule is CCN(C)C1(C(N)=O)CN(c2nc(-c3ccc(Cl)cc3)c(-c3ccc(Cl)cc3)/c(=N/N(C)C)n2C=O)C1. The van der Waals surface area contributed by atoms with Gasteiger partial charge in [-0.15, -0.1) is 0 Å². The van der Waals surface area contributed by atoms with Crippen LogP contribution in [0.5, 0.6) is 0 Å². The molecular weight excluding hydrogens is 513 g/mol. The molecule has 9 nitrogen and oxygen atoms in total. The minimum absolute atomic E-state index is 0.287. The maximum Gasteiger partial charge on any atom is 0.241 e. The molecule has 194 valence electrons. The van der Waals surface area contributed by atoms with Crippen LogP contribution in [0.2, 0.25) is 10.0 Å². The van der Waals surface area contributed by atoms with Crippen molar-refractivity contribution in [3.05, 3.63) is 64.1 Å². The third-order valence-electron chi connectivity index (χ3n) is 6.62. The molecule has 2 N–H and O–H groups in total. The minimum Gasteiger partial charge on any atom is -0.368 e. The largest absolute Gasteiger partial charge is 0.368 e. The molecule has 1 aromatic heterocycles. The number of carbonyl (C=O) groups excluding carboxylic acids is 2. The van der Waals surface area contributed by atoms with E-state index in [1.54, 1.807) is 43.4 Å². The van der Waals surface area contributed by atoms with Gasteiger partial charge in [-0.05, 0) is 43.4 Å². The van der Waals surface area contributed by atoms with Crippen LogP contribution in [0.1, 0.15) is 6.92 Å². The summed E-state index contributed by atoms with van der Waals surface area (Å²) >= 11 is 12.3. The van der Waals surface area contributed by atoms with Gasteiger partial charge in [0.25, 0.3) is 0 Å². The number of halogens is 2. The van der Waals surface area contributed by atoms with Crippen molar-refractivity contribution < 1.29 is 9.59 Å². The second-order valence-electron chi connectivity index (χ2n) is 9.16. The Kier molecular flexibility index (Phi) is 7.59. The number of hydrogen-bond acceptors (Lipinski definition) is 7. The van der Waals surface area contributed by atoms with E-state index in [0.717, 1.165) is 11.1 Å². The maximum atomic E-state index is 12.6. The zero-order valence-electron chi connectivity index (χ0n) is 21.2. The Hall–Kier alpha value is -3.40. The zero-order chi connectivity index (χ0) is 26.9. The summed E-state index contributed by atoms with van der Waals surface area (Å²) < 4.78 is 1.40. The molecule has 2 heterocycles. The number of anilines is 1. The van der Waals surface area contributed by atoms with Crippen molar-refractivity contribution in [2.24, 2.45) is 10.8 Å². The van der Waals surface area contributed by atoms with Crippen molar-refractivity contribution in [2.75, 3.05) is 45.7 Å². The van der Waals surface area contributed by atoms with Gasteiger partial charge in [0, 0.05) is 29.7 Å². The fourth-order valence-corrected chi connectivity index (χ4v) is 4.70. The van der Waals surface area contributed by atoms with Crippen LogP contribution in [-0.2, 0) is 9.59 Å². The molecular formula is C26H29Cl2N7O2. The Balaban J connectivity index is 2.01. The van der Waals surface area contributed by atoms with E-state index in [9.17, 15) is 9.59 Å². The monoisotopic (exact) mass is 541 g/mol. The molecule has 11 heteroatoms. The highest BCUT2D eigenvalue weighted by atomic mass is 35.5. The average molecular weight is 542 g/mol. The summed E-state index contributed by atoms with van der Waals surface area (Å²) in [6.45, 7) is 3.18. The van der Waals surface area contributed by atoms with Crippen molar-refractivity contribution in [1.82, 2.24) is 19.5 Å². The molecule has 0 unspecified atom stereocenters. The van der Waals surface area contributed by atoms with Crippen LogP contribution >= 0.6 is 23.2 Å². The molecule has 2 aromatic carbocycles. The van der Waals surface area contributed by atoms with Gasteiger partial charge in [0.2, 0.25) is 18.3 Å². The molecule has 1 aliphatic rings. The van der Waals surface area contributed by atoms with Gasteiger partial charge in [-0.1, -0.05) is 54.4 Å². The van der Waals surface area contributed by atoms with Crippen molar-refractivity contribution in [1.29, 1.82) is 0 Å². The molecule has 1 aliphatic heterocycles. The number of likely N-dealkylation sites (N-methyl/N-ethyl adjacent to an activating group) is 1. The highest BCUT2D eigenvalue weighted by Gasteiger charge is 2.52. The smallest absolute Gasteiger partial charge is 0.241 e. The van der Waals surface area contributed by atoms with Gasteiger partial charge in [0.1, 0.15) is 5.54 Å². The molecule has 4 rings (SSSR count). The van der Waals surface area contributed by atoms with Crippen LogP contribution < -0.4 is 16.1 Å². The molecule has 1 saturated heterocycles. The number of amides is 1. The summed E-state index contributed by atoms with van der Waals surface area (Å²) in [5.41, 5.74) is 8.17. The Labute approximate surface area is 225 Å². The number of aromatic nitrogens is 2. The van der Waals surface area contributed by atoms with Crippen LogP contribution in [0.4, 0.5) is 5.95 Å². The number of nitrogens with two attached hydrogens (primary N) is 1. The van der Waals surface area contributed by atoms with Gasteiger partial charge in [0.05, 0.1) is 24.3 Å². The quantitative estimate of drug-likeness (QED) is 0.347. The Morgan fingerprint density at radius 2 is 1.59 bits per heavy atom. The van der Waals surface area contributed by atoms with Gasteiger partial charge in [-0.25, -0.2) is 9.55 Å². The first-order valence-corrected chi connectivity index (χ1v) is 12.5. The van der Waals surface area contributed by atoms with E-state index >= 15 is 0 Å². The first-order chi connectivity index (χ1) is 17.6. The standard InChI is InChI=1S/C26H29Cl2N7O2/c1-5-33(4)26(24(29)37)14-34(15-26)25-30-22(18-8-12-20(28)13-9-18)21(17-6-10-19(27)11-7-17)23(31-32(2)3)35(25)16-36/h6-13,16H,5,14-15H2,1-4H3,(H2,29,37)/b31-23-. The summed E-state index contributed by atoms with van der Waals surface area (Å²) in [4.78, 5) is 33.8. The molecule has 0 saturated carbocycles. The molecule has 1 amide bonds. The predicted octanol–water partition coefficient (Wildman–Crippen LogP) is 2.94. The fourth-order valence-electron chi connectivity index (χ4n) is 4.45. The van der Waals surface area contributed by atoms with Crippen LogP contribution in [0.3, 0.4) is 0 Å². The van der Waals surface area contributed by atoms with Crippen molar-refractivity contribution >= 4 is 41.5 Å². The Morgan fingerprint density at radius 1 is 1.05 bits per heavy atom. The number of hydrogen-bond donors (Lipinski definition) is 1. The summed E-state index contributed by atoms with van der Waals surface area (Å²) in [6, 6.07) is 14.6. The lowest BCUT2D eigenvalue weighted by Gasteiger charge is -2.52. The van der Waals surface area contributed by atoms with Gasteiger partial charge in [0.15, 0.2) is 5.49 Å². The molecule has 0 bridgehead atoms. The maximum absolute atomic E-state index is 12.6. The molecule has 1 fully saturated rings. The van der Waals surface area contributed by atoms with Crippen molar-refractivity contribution in [3.8, 4) is 22.4 Å². The molecule has 3 aromatic rings. The Bertz CT molecular complexity index is 1380. The highest BCUT2D eigenvalue weighted by Crippen LogP contribution is 2.35. The molecule has 0 spiro atoms. The second-order valence-corrected chi connectivity index (χ2v) is 10.0. The molecule has 37 heavy (non-hydrogen) atoms. The van der Waals surface area contributed by atoms with Gasteiger partial charge in [-0.2, -0.15) is 5.10 Å². The molecule has 0 radical (unpaired) electrons. The third kappa shape index (κ3) is 4.94. The van der Waals surface area contributed by atoms with E-state index in [0.29, 0.717) is 45.7 Å². The van der Waals surface area contributed by atoms with Crippen molar-refractivity contribution in [2.45, 2.75) is 12.5 Å². The molecule has 0 atom stereocenters. The van der Waals surface area contributed by atoms with E-state index in [4.69, 9.17) is 39.0 Å². The topological polar surface area (TPSA) is 100 Å². The van der Waals surface area contributed by atoms with E-state index in [-0.39, 0.29) is 13.1 Å². The van der Waals surface area contributed by atoms with E-state index in [2.05, 4.69) is 0 Å². The highest BCUT2D eigenvalue weighted by molar-refractivity contribution is 6.31. The fraction of sp³-hybridized carbons (Fsp3) is 0.308. The van der Waals surface area contributed by atoms with Crippen LogP contribution in [0.25, 0.3) is 22.4 Å². The summed E-state index contributed by atoms with van der Waals surface area (Å²) in [5, 5.41) is 7.49. The van der Waals surface area contributed by atoms with Gasteiger partial charge in [-0.3, -0.25) is 14.5 Å². The normalized spacial score (nSPS) is 15.0. The van der Waals surface area contributed by atoms with E-state index in [1.165, 1.54) is 4.57 Å². The number of benzene rings is 2. The zero-order valence-corrected chi connectivity index (χ0v) is 22.7. The Morgan fingerprint density at radius 3 is 2.05 bits per heavy atom. The van der Waals surface area contributed by atoms with Crippen molar-refractivity contribution in [3.63, 3.8) is 0 Å². The predicted molar refractivity (Wildman–Crippen MR) is 147 cm³/mol. The number of carbonyl (C=O) groups is 2. The summed E-state index contributed by atoms with van der Waals surface area (Å²) in [5.74, 6) is -0.0562. The van der Waals surface area contributed by atoms with Gasteiger partial charge >= 0.3 is 0 Å². The lowest BCUT2D eigenvalue weighted by molar-refractivity contribution is -0.131. The first kappa shape index (κ1) is 26.7. The molecule has 0 aliphatic carbocycles. The van der Waals surface area contributed by atoms with Crippen LogP contribution in [-0.4, -0.2) is 78.1 Å². The third-order valence-corrected chi connectivity index (χ3v) is 7.12. The van der Waals surface area contributed by atoms with Crippen LogP contribution in [0, 0.1) is 0 Å². The van der Waals surface area contributed by atoms with Gasteiger partial charge < -0.3 is 15.6 Å². The minimum atomic E-state index is -0.856. The summed E-state index contributed by atoms with van der Waals surface area (Å²) in [6.07, 6.45) is 0.684. The van der Waals surface area contributed by atoms with E-state index < -0.39 is 11.4 Å². The lowest BCUT2D eigenvalue weighted by atomic mass is 9.87. The van der Waals surface area contributed by atoms with E-state index in [1.807, 2.05) is 48.0 Å². The number of primary amides is 1. The second kappa shape index (κ2) is 10.5. The van der Waals surface area contributed by atoms with Crippen LogP contribution in [0.15, 0.2) is 53.6 Å². The number of rotatable bonds is 8. The summed E-state index contributed by atoms with van der Waals surface area (Å²) in [7, 11) is 5.42. The average Bonchev–Trinajstić information content (AvgIpc) is 2.83. The number of nitrogens with zero attached hydrogens (tertiary/aromatic N) is 6. The lowest BCUT2D eigenvalue weighted by Crippen LogP contribution is -2.75. The first-order valence-electron chi connectivity index (χ1n) is 11.7.